The third-order valence-electron chi connectivity index (χ3n) is 10.3. The second kappa shape index (κ2) is 13.1. The van der Waals surface area contributed by atoms with Gasteiger partial charge in [0.15, 0.2) is 17.5 Å². The van der Waals surface area contributed by atoms with Crippen molar-refractivity contribution in [3.63, 3.8) is 0 Å². The van der Waals surface area contributed by atoms with Crippen molar-refractivity contribution in [2.45, 2.75) is 5.41 Å². The molecule has 254 valence electrons. The van der Waals surface area contributed by atoms with Crippen LogP contribution in [0.1, 0.15) is 22.3 Å². The van der Waals surface area contributed by atoms with Gasteiger partial charge in [0, 0.05) is 22.0 Å². The van der Waals surface area contributed by atoms with Crippen LogP contribution in [0.2, 0.25) is 0 Å². The number of nitrogens with zero attached hydrogens (tertiary/aromatic N) is 3. The highest BCUT2D eigenvalue weighted by Crippen LogP contribution is 2.57. The van der Waals surface area contributed by atoms with E-state index in [9.17, 15) is 4.57 Å². The van der Waals surface area contributed by atoms with E-state index in [1.165, 1.54) is 0 Å². The Bertz CT molecular complexity index is 2600. The second-order valence-electron chi connectivity index (χ2n) is 13.9. The van der Waals surface area contributed by atoms with Crippen LogP contribution in [-0.2, 0) is 9.98 Å². The van der Waals surface area contributed by atoms with Crippen LogP contribution in [0.4, 0.5) is 0 Å². The maximum Gasteiger partial charge on any atom is 0.164 e. The van der Waals surface area contributed by atoms with Crippen molar-refractivity contribution in [1.82, 2.24) is 15.0 Å². The third-order valence-corrected chi connectivity index (χ3v) is 11.9. The maximum atomic E-state index is 13.6. The number of benzene rings is 7. The zero-order valence-electron chi connectivity index (χ0n) is 29.5. The highest BCUT2D eigenvalue weighted by Gasteiger charge is 2.46. The van der Waals surface area contributed by atoms with Gasteiger partial charge in [0.2, 0.25) is 0 Å². The van der Waals surface area contributed by atoms with Crippen LogP contribution in [0.25, 0.3) is 56.4 Å². The number of hydrogen-bond donors (Lipinski definition) is 0. The molecule has 1 aliphatic carbocycles. The fourth-order valence-electron chi connectivity index (χ4n) is 7.74. The van der Waals surface area contributed by atoms with Crippen LogP contribution in [0.3, 0.4) is 0 Å². The number of hydrogen-bond acceptors (Lipinski definition) is 4. The summed E-state index contributed by atoms with van der Waals surface area (Å²) in [6.45, 7) is 3.69. The van der Waals surface area contributed by atoms with Gasteiger partial charge in [-0.25, -0.2) is 15.0 Å². The summed E-state index contributed by atoms with van der Waals surface area (Å²) >= 11 is 0. The van der Waals surface area contributed by atoms with Crippen LogP contribution in [0.5, 0.6) is 0 Å². The Kier molecular flexibility index (Phi) is 8.06. The minimum absolute atomic E-state index is 0.599. The molecule has 0 saturated heterocycles. The minimum atomic E-state index is -2.56. The van der Waals surface area contributed by atoms with E-state index in [4.69, 9.17) is 15.0 Å². The molecular formula is C48H36N3OP. The summed E-state index contributed by atoms with van der Waals surface area (Å²) in [5, 5.41) is 0.869. The quantitative estimate of drug-likeness (QED) is 0.155. The first-order chi connectivity index (χ1) is 25.9. The van der Waals surface area contributed by atoms with E-state index in [2.05, 4.69) is 140 Å². The Morgan fingerprint density at radius 1 is 0.396 bits per heavy atom. The van der Waals surface area contributed by atoms with Gasteiger partial charge in [-0.15, -0.1) is 0 Å². The molecule has 0 atom stereocenters. The monoisotopic (exact) mass is 701 g/mol. The molecule has 0 aliphatic heterocycles. The summed E-state index contributed by atoms with van der Waals surface area (Å²) in [5.74, 6) is 1.83. The van der Waals surface area contributed by atoms with Crippen LogP contribution >= 0.6 is 7.14 Å². The molecule has 1 aromatic heterocycles. The highest BCUT2D eigenvalue weighted by atomic mass is 31.2. The summed E-state index contributed by atoms with van der Waals surface area (Å²) in [6.07, 6.45) is 0. The van der Waals surface area contributed by atoms with Gasteiger partial charge in [-0.05, 0) is 70.0 Å². The van der Waals surface area contributed by atoms with Crippen molar-refractivity contribution in [3.05, 3.63) is 204 Å². The SMILES string of the molecule is CP(C)(=O)c1ccc2c(c1)C(c1ccccc1)(c1ccccc1)c1cc(-c3nc(-c4ccccc4)nc(-c4ccc(-c5ccccc5)cc4)n3)ccc1-2. The summed E-state index contributed by atoms with van der Waals surface area (Å²) in [5.41, 5.74) is 11.2. The van der Waals surface area contributed by atoms with E-state index >= 15 is 0 Å². The molecule has 1 aliphatic rings. The normalized spacial score (nSPS) is 12.9. The van der Waals surface area contributed by atoms with E-state index in [-0.39, 0.29) is 0 Å². The second-order valence-corrected chi connectivity index (χ2v) is 17.2. The van der Waals surface area contributed by atoms with E-state index in [1.54, 1.807) is 0 Å². The third kappa shape index (κ3) is 5.73. The van der Waals surface area contributed by atoms with Crippen LogP contribution in [0, 0.1) is 0 Å². The Morgan fingerprint density at radius 2 is 0.774 bits per heavy atom. The molecule has 0 unspecified atom stereocenters. The topological polar surface area (TPSA) is 55.7 Å². The van der Waals surface area contributed by atoms with Gasteiger partial charge < -0.3 is 4.57 Å². The fourth-order valence-corrected chi connectivity index (χ4v) is 8.62. The van der Waals surface area contributed by atoms with E-state index in [1.807, 2.05) is 55.8 Å². The molecule has 9 rings (SSSR count). The van der Waals surface area contributed by atoms with Crippen molar-refractivity contribution in [3.8, 4) is 56.4 Å². The minimum Gasteiger partial charge on any atom is -0.319 e. The molecule has 0 saturated carbocycles. The van der Waals surface area contributed by atoms with Crippen LogP contribution in [-0.4, -0.2) is 28.3 Å². The van der Waals surface area contributed by atoms with Crippen molar-refractivity contribution >= 4 is 12.4 Å². The molecule has 0 spiro atoms. The molecule has 7 aromatic carbocycles. The summed E-state index contributed by atoms with van der Waals surface area (Å²) in [6, 6.07) is 63.2. The molecule has 0 fully saturated rings. The zero-order chi connectivity index (χ0) is 36.0. The van der Waals surface area contributed by atoms with Gasteiger partial charge in [0.05, 0.1) is 5.41 Å². The summed E-state index contributed by atoms with van der Waals surface area (Å²) in [7, 11) is -2.56. The molecule has 0 amide bonds. The Labute approximate surface area is 310 Å². The Balaban J connectivity index is 1.27. The van der Waals surface area contributed by atoms with E-state index < -0.39 is 12.6 Å². The van der Waals surface area contributed by atoms with Gasteiger partial charge in [-0.2, -0.15) is 0 Å². The van der Waals surface area contributed by atoms with Gasteiger partial charge in [-0.1, -0.05) is 170 Å². The fraction of sp³-hybridized carbons (Fsp3) is 0.0625. The van der Waals surface area contributed by atoms with Crippen molar-refractivity contribution in [2.75, 3.05) is 13.3 Å². The lowest BCUT2D eigenvalue weighted by Crippen LogP contribution is -2.29. The molecule has 0 bridgehead atoms. The van der Waals surface area contributed by atoms with Gasteiger partial charge in [0.1, 0.15) is 7.14 Å². The largest absolute Gasteiger partial charge is 0.319 e. The Morgan fingerprint density at radius 3 is 1.30 bits per heavy atom. The molecule has 0 N–H and O–H groups in total. The smallest absolute Gasteiger partial charge is 0.164 e. The maximum absolute atomic E-state index is 13.6. The lowest BCUT2D eigenvalue weighted by Gasteiger charge is -2.34. The van der Waals surface area contributed by atoms with Gasteiger partial charge in [0.25, 0.3) is 0 Å². The van der Waals surface area contributed by atoms with Crippen molar-refractivity contribution in [2.24, 2.45) is 0 Å². The zero-order valence-corrected chi connectivity index (χ0v) is 30.4. The van der Waals surface area contributed by atoms with Gasteiger partial charge in [-0.3, -0.25) is 0 Å². The summed E-state index contributed by atoms with van der Waals surface area (Å²) in [4.78, 5) is 15.3. The number of aromatic nitrogens is 3. The molecule has 1 heterocycles. The summed E-state index contributed by atoms with van der Waals surface area (Å²) < 4.78 is 13.6. The lowest BCUT2D eigenvalue weighted by atomic mass is 9.67. The lowest BCUT2D eigenvalue weighted by molar-refractivity contribution is 0.588. The first-order valence-corrected chi connectivity index (χ1v) is 20.4. The predicted molar refractivity (Wildman–Crippen MR) is 218 cm³/mol. The van der Waals surface area contributed by atoms with Crippen LogP contribution in [0.15, 0.2) is 182 Å². The van der Waals surface area contributed by atoms with Gasteiger partial charge >= 0.3 is 0 Å². The average molecular weight is 702 g/mol. The number of fused-ring (bicyclic) bond motifs is 3. The Hall–Kier alpha value is -6.22. The molecule has 53 heavy (non-hydrogen) atoms. The standard InChI is InChI=1S/C48H36N3OP/c1-53(2,52)40-28-30-42-41-29-27-37(31-43(41)48(44(42)32-40,38-19-11-5-12-20-38)39-21-13-6-14-22-39)47-50-45(35-17-9-4-10-18-35)49-46(51-47)36-25-23-34(24-26-36)33-15-7-3-8-16-33/h3-32H,1-2H3. The molecule has 8 aromatic rings. The van der Waals surface area contributed by atoms with Crippen molar-refractivity contribution in [1.29, 1.82) is 0 Å². The van der Waals surface area contributed by atoms with E-state index in [0.29, 0.717) is 17.5 Å². The molecule has 0 radical (unpaired) electrons. The van der Waals surface area contributed by atoms with Crippen LogP contribution < -0.4 is 5.30 Å². The first-order valence-electron chi connectivity index (χ1n) is 17.8. The highest BCUT2D eigenvalue weighted by molar-refractivity contribution is 7.70. The molecule has 5 heteroatoms. The number of rotatable bonds is 7. The average Bonchev–Trinajstić information content (AvgIpc) is 3.51. The van der Waals surface area contributed by atoms with E-state index in [0.717, 1.165) is 66.5 Å². The molecule has 4 nitrogen and oxygen atoms in total. The predicted octanol–water partition coefficient (Wildman–Crippen LogP) is 11.2. The first kappa shape index (κ1) is 32.7. The molecular weight excluding hydrogens is 666 g/mol. The van der Waals surface area contributed by atoms with Crippen molar-refractivity contribution < 1.29 is 4.57 Å².